The van der Waals surface area contributed by atoms with Crippen molar-refractivity contribution in [3.8, 4) is 0 Å². The van der Waals surface area contributed by atoms with Gasteiger partial charge < -0.3 is 15.7 Å². The third-order valence-corrected chi connectivity index (χ3v) is 3.24. The van der Waals surface area contributed by atoms with Crippen LogP contribution in [0.5, 0.6) is 0 Å². The summed E-state index contributed by atoms with van der Waals surface area (Å²) < 4.78 is 1.59. The summed E-state index contributed by atoms with van der Waals surface area (Å²) in [6.45, 7) is 1.68. The quantitative estimate of drug-likeness (QED) is 0.809. The van der Waals surface area contributed by atoms with Gasteiger partial charge in [0.05, 0.1) is 12.7 Å². The number of aryl methyl sites for hydroxylation is 1. The summed E-state index contributed by atoms with van der Waals surface area (Å²) in [6.07, 6.45) is 3.27. The van der Waals surface area contributed by atoms with E-state index in [0.29, 0.717) is 16.3 Å². The standard InChI is InChI=1S/C14H17ClN4O2/c1-14(21,10-7-17-19(2)8-10)9-16-13(20)18-12-5-3-4-11(15)6-12/h3-8,21H,9H2,1-2H3,(H2,16,18,20)/t14-/m1/s1. The summed E-state index contributed by atoms with van der Waals surface area (Å²) in [5, 5.41) is 20.1. The van der Waals surface area contributed by atoms with Crippen LogP contribution in [0, 0.1) is 0 Å². The maximum Gasteiger partial charge on any atom is 0.319 e. The number of amides is 2. The fraction of sp³-hybridized carbons (Fsp3) is 0.286. The van der Waals surface area contributed by atoms with E-state index in [-0.39, 0.29) is 6.54 Å². The van der Waals surface area contributed by atoms with Crippen LogP contribution in [0.15, 0.2) is 36.7 Å². The lowest BCUT2D eigenvalue weighted by molar-refractivity contribution is 0.0599. The fourth-order valence-electron chi connectivity index (χ4n) is 1.80. The van der Waals surface area contributed by atoms with Gasteiger partial charge in [-0.2, -0.15) is 5.10 Å². The van der Waals surface area contributed by atoms with Crippen molar-refractivity contribution in [2.24, 2.45) is 7.05 Å². The number of carbonyl (C=O) groups is 1. The molecule has 0 aliphatic rings. The molecule has 2 amide bonds. The second-order valence-corrected chi connectivity index (χ2v) is 5.43. The van der Waals surface area contributed by atoms with Crippen molar-refractivity contribution >= 4 is 23.3 Å². The highest BCUT2D eigenvalue weighted by molar-refractivity contribution is 6.30. The van der Waals surface area contributed by atoms with Crippen LogP contribution in [-0.2, 0) is 12.6 Å². The smallest absolute Gasteiger partial charge is 0.319 e. The van der Waals surface area contributed by atoms with Crippen molar-refractivity contribution < 1.29 is 9.90 Å². The zero-order valence-electron chi connectivity index (χ0n) is 11.8. The van der Waals surface area contributed by atoms with Crippen LogP contribution < -0.4 is 10.6 Å². The Hall–Kier alpha value is -2.05. The monoisotopic (exact) mass is 308 g/mol. The molecule has 0 bridgehead atoms. The summed E-state index contributed by atoms with van der Waals surface area (Å²) in [4.78, 5) is 11.8. The highest BCUT2D eigenvalue weighted by atomic mass is 35.5. The molecule has 112 valence electrons. The van der Waals surface area contributed by atoms with Gasteiger partial charge in [0, 0.05) is 29.5 Å². The SMILES string of the molecule is Cn1cc([C@](C)(O)CNC(=O)Nc2cccc(Cl)c2)cn1. The number of nitrogens with one attached hydrogen (secondary N) is 2. The lowest BCUT2D eigenvalue weighted by Crippen LogP contribution is -2.40. The highest BCUT2D eigenvalue weighted by Crippen LogP contribution is 2.19. The van der Waals surface area contributed by atoms with Gasteiger partial charge >= 0.3 is 6.03 Å². The van der Waals surface area contributed by atoms with Gasteiger partial charge in [-0.1, -0.05) is 17.7 Å². The van der Waals surface area contributed by atoms with E-state index < -0.39 is 11.6 Å². The zero-order chi connectivity index (χ0) is 15.5. The highest BCUT2D eigenvalue weighted by Gasteiger charge is 2.25. The molecule has 0 unspecified atom stereocenters. The number of hydrogen-bond donors (Lipinski definition) is 3. The first-order valence-corrected chi connectivity index (χ1v) is 6.76. The second kappa shape index (κ2) is 6.15. The van der Waals surface area contributed by atoms with Gasteiger partial charge in [0.15, 0.2) is 0 Å². The molecule has 7 heteroatoms. The van der Waals surface area contributed by atoms with E-state index >= 15 is 0 Å². The molecule has 0 saturated heterocycles. The van der Waals surface area contributed by atoms with Gasteiger partial charge in [-0.05, 0) is 25.1 Å². The molecule has 0 aliphatic heterocycles. The predicted molar refractivity (Wildman–Crippen MR) is 81.3 cm³/mol. The van der Waals surface area contributed by atoms with E-state index in [0.717, 1.165) is 0 Å². The lowest BCUT2D eigenvalue weighted by Gasteiger charge is -2.22. The number of anilines is 1. The molecular formula is C14H17ClN4O2. The van der Waals surface area contributed by atoms with Gasteiger partial charge in [-0.3, -0.25) is 4.68 Å². The van der Waals surface area contributed by atoms with Crippen LogP contribution in [0.3, 0.4) is 0 Å². The number of aromatic nitrogens is 2. The molecule has 0 aliphatic carbocycles. The number of benzene rings is 1. The van der Waals surface area contributed by atoms with Crippen molar-refractivity contribution in [2.75, 3.05) is 11.9 Å². The first-order chi connectivity index (χ1) is 9.87. The minimum atomic E-state index is -1.19. The number of urea groups is 1. The Morgan fingerprint density at radius 1 is 1.52 bits per heavy atom. The van der Waals surface area contributed by atoms with E-state index in [4.69, 9.17) is 11.6 Å². The third-order valence-electron chi connectivity index (χ3n) is 3.00. The topological polar surface area (TPSA) is 79.2 Å². The molecule has 6 nitrogen and oxygen atoms in total. The van der Waals surface area contributed by atoms with E-state index in [2.05, 4.69) is 15.7 Å². The Morgan fingerprint density at radius 2 is 2.29 bits per heavy atom. The van der Waals surface area contributed by atoms with E-state index in [1.165, 1.54) is 0 Å². The number of carbonyl (C=O) groups excluding carboxylic acids is 1. The second-order valence-electron chi connectivity index (χ2n) is 4.99. The van der Waals surface area contributed by atoms with E-state index in [1.54, 1.807) is 55.3 Å². The van der Waals surface area contributed by atoms with Gasteiger partial charge in [0.2, 0.25) is 0 Å². The number of hydrogen-bond acceptors (Lipinski definition) is 3. The molecule has 0 spiro atoms. The van der Waals surface area contributed by atoms with Crippen LogP contribution >= 0.6 is 11.6 Å². The van der Waals surface area contributed by atoms with Crippen molar-refractivity contribution in [1.29, 1.82) is 0 Å². The van der Waals surface area contributed by atoms with Gasteiger partial charge in [-0.25, -0.2) is 4.79 Å². The van der Waals surface area contributed by atoms with Crippen LogP contribution in [0.25, 0.3) is 0 Å². The lowest BCUT2D eigenvalue weighted by atomic mass is 10.00. The normalized spacial score (nSPS) is 13.5. The zero-order valence-corrected chi connectivity index (χ0v) is 12.6. The van der Waals surface area contributed by atoms with Crippen LogP contribution in [0.4, 0.5) is 10.5 Å². The summed E-state index contributed by atoms with van der Waals surface area (Å²) in [5.41, 5.74) is 0.0222. The van der Waals surface area contributed by atoms with Crippen molar-refractivity contribution in [3.63, 3.8) is 0 Å². The van der Waals surface area contributed by atoms with Gasteiger partial charge in [0.25, 0.3) is 0 Å². The fourth-order valence-corrected chi connectivity index (χ4v) is 1.99. The van der Waals surface area contributed by atoms with Crippen molar-refractivity contribution in [2.45, 2.75) is 12.5 Å². The van der Waals surface area contributed by atoms with Crippen molar-refractivity contribution in [1.82, 2.24) is 15.1 Å². The van der Waals surface area contributed by atoms with Crippen LogP contribution in [0.1, 0.15) is 12.5 Å². The van der Waals surface area contributed by atoms with Crippen LogP contribution in [-0.4, -0.2) is 27.5 Å². The Bertz CT molecular complexity index is 639. The minimum absolute atomic E-state index is 0.0606. The Kier molecular flexibility index (Phi) is 4.50. The predicted octanol–water partition coefficient (Wildman–Crippen LogP) is 2.10. The largest absolute Gasteiger partial charge is 0.383 e. The molecule has 2 rings (SSSR count). The average Bonchev–Trinajstić information content (AvgIpc) is 2.84. The van der Waals surface area contributed by atoms with E-state index in [1.807, 2.05) is 0 Å². The number of rotatable bonds is 4. The van der Waals surface area contributed by atoms with E-state index in [9.17, 15) is 9.90 Å². The summed E-state index contributed by atoms with van der Waals surface area (Å²) in [5.74, 6) is 0. The summed E-state index contributed by atoms with van der Waals surface area (Å²) >= 11 is 5.84. The summed E-state index contributed by atoms with van der Waals surface area (Å²) in [6, 6.07) is 6.41. The molecule has 0 saturated carbocycles. The number of nitrogens with zero attached hydrogens (tertiary/aromatic N) is 2. The minimum Gasteiger partial charge on any atom is -0.383 e. The molecule has 1 atom stereocenters. The Labute approximate surface area is 127 Å². The molecule has 3 N–H and O–H groups in total. The van der Waals surface area contributed by atoms with Crippen molar-refractivity contribution in [3.05, 3.63) is 47.2 Å². The van der Waals surface area contributed by atoms with Gasteiger partial charge in [-0.15, -0.1) is 0 Å². The number of aliphatic hydroxyl groups is 1. The molecule has 1 aromatic carbocycles. The Morgan fingerprint density at radius 3 is 2.90 bits per heavy atom. The maximum absolute atomic E-state index is 11.8. The molecule has 0 radical (unpaired) electrons. The average molecular weight is 309 g/mol. The first kappa shape index (κ1) is 15.3. The Balaban J connectivity index is 1.91. The maximum atomic E-state index is 11.8. The third kappa shape index (κ3) is 4.21. The molecule has 0 fully saturated rings. The first-order valence-electron chi connectivity index (χ1n) is 6.39. The molecule has 2 aromatic rings. The molecule has 21 heavy (non-hydrogen) atoms. The summed E-state index contributed by atoms with van der Waals surface area (Å²) in [7, 11) is 1.76. The number of halogens is 1. The molecule has 1 heterocycles. The van der Waals surface area contributed by atoms with Crippen LogP contribution in [0.2, 0.25) is 5.02 Å². The molecule has 1 aromatic heterocycles. The molecular weight excluding hydrogens is 292 g/mol. The van der Waals surface area contributed by atoms with Gasteiger partial charge in [0.1, 0.15) is 5.60 Å².